The van der Waals surface area contributed by atoms with E-state index in [9.17, 15) is 10.3 Å². The van der Waals surface area contributed by atoms with Gasteiger partial charge in [0.25, 0.3) is 0 Å². The van der Waals surface area contributed by atoms with Gasteiger partial charge in [0.2, 0.25) is 5.28 Å². The highest BCUT2D eigenvalue weighted by Crippen LogP contribution is 2.29. The summed E-state index contributed by atoms with van der Waals surface area (Å²) < 4.78 is 0. The lowest BCUT2D eigenvalue weighted by atomic mass is 9.85. The van der Waals surface area contributed by atoms with Crippen molar-refractivity contribution in [3.63, 3.8) is 0 Å². The molecule has 1 N–H and O–H groups in total. The summed E-state index contributed by atoms with van der Waals surface area (Å²) >= 11 is 0. The van der Waals surface area contributed by atoms with Gasteiger partial charge in [0.15, 0.2) is 0 Å². The molecule has 1 aliphatic rings. The second-order valence-electron chi connectivity index (χ2n) is 6.33. The molecule has 6 nitrogen and oxygen atoms in total. The largest absolute Gasteiger partial charge is 0.569 e. The zero-order valence-electron chi connectivity index (χ0n) is 12.0. The highest BCUT2D eigenvalue weighted by Gasteiger charge is 2.31. The number of rotatable bonds is 3. The minimum Gasteiger partial charge on any atom is -0.569 e. The van der Waals surface area contributed by atoms with Crippen molar-refractivity contribution in [1.82, 2.24) is 5.01 Å². The molecule has 18 heavy (non-hydrogen) atoms. The Balaban J connectivity index is 2.45. The van der Waals surface area contributed by atoms with Crippen molar-refractivity contribution in [3.8, 4) is 0 Å². The Hall–Kier alpha value is -1.04. The van der Waals surface area contributed by atoms with Gasteiger partial charge in [-0.2, -0.15) is 0 Å². The van der Waals surface area contributed by atoms with Crippen LogP contribution in [-0.2, 0) is 4.84 Å². The maximum absolute atomic E-state index is 11.7. The minimum atomic E-state index is -0.598. The molecular weight excluding hydrogens is 234 g/mol. The topological polar surface area (TPSA) is 71.1 Å². The van der Waals surface area contributed by atoms with Crippen molar-refractivity contribution in [2.24, 2.45) is 5.28 Å². The van der Waals surface area contributed by atoms with Crippen molar-refractivity contribution < 1.29 is 14.9 Å². The summed E-state index contributed by atoms with van der Waals surface area (Å²) in [6.45, 7) is 7.59. The third kappa shape index (κ3) is 4.33. The summed E-state index contributed by atoms with van der Waals surface area (Å²) in [6.07, 6.45) is 2.74. The van der Waals surface area contributed by atoms with Gasteiger partial charge >= 0.3 is 0 Å². The van der Waals surface area contributed by atoms with E-state index in [4.69, 9.17) is 4.84 Å². The molecule has 0 aliphatic heterocycles. The monoisotopic (exact) mass is 259 g/mol. The quantitative estimate of drug-likeness (QED) is 0.479. The van der Waals surface area contributed by atoms with Gasteiger partial charge in [-0.3, -0.25) is 0 Å². The Kier molecular flexibility index (Phi) is 4.42. The van der Waals surface area contributed by atoms with Crippen LogP contribution in [0.15, 0.2) is 5.28 Å². The number of nitrogens with zero attached hydrogens (tertiary/aromatic N) is 3. The van der Waals surface area contributed by atoms with Crippen LogP contribution in [0.1, 0.15) is 53.4 Å². The lowest BCUT2D eigenvalue weighted by Gasteiger charge is -2.31. The summed E-state index contributed by atoms with van der Waals surface area (Å²) in [6, 6.07) is 0. The van der Waals surface area contributed by atoms with Crippen LogP contribution in [0.2, 0.25) is 0 Å². The summed E-state index contributed by atoms with van der Waals surface area (Å²) in [5.41, 5.74) is -0.899. The van der Waals surface area contributed by atoms with Gasteiger partial charge in [0.1, 0.15) is 6.10 Å². The minimum absolute atomic E-state index is 0.0740. The van der Waals surface area contributed by atoms with Gasteiger partial charge in [-0.05, 0) is 53.4 Å². The van der Waals surface area contributed by atoms with Gasteiger partial charge in [-0.25, -0.2) is 0 Å². The Morgan fingerprint density at radius 2 is 1.89 bits per heavy atom. The zero-order valence-corrected chi connectivity index (χ0v) is 12.0. The first-order valence-electron chi connectivity index (χ1n) is 6.42. The maximum Gasteiger partial charge on any atom is 0.233 e. The molecule has 0 bridgehead atoms. The van der Waals surface area contributed by atoms with Crippen LogP contribution >= 0.6 is 0 Å². The fourth-order valence-electron chi connectivity index (χ4n) is 1.74. The fraction of sp³-hybridized carbons (Fsp3) is 1.00. The van der Waals surface area contributed by atoms with Gasteiger partial charge in [0.05, 0.1) is 23.2 Å². The summed E-state index contributed by atoms with van der Waals surface area (Å²) in [5, 5.41) is 26.5. The molecule has 1 saturated carbocycles. The third-order valence-corrected chi connectivity index (χ3v) is 3.50. The lowest BCUT2D eigenvalue weighted by Crippen LogP contribution is -2.42. The highest BCUT2D eigenvalue weighted by molar-refractivity contribution is 4.81. The van der Waals surface area contributed by atoms with Crippen molar-refractivity contribution in [1.29, 1.82) is 0 Å². The standard InChI is InChI=1S/C12H25N3O3/c1-11(2,3)14(5)15(17)13-18-10-6-8-12(4,16)9-7-10/h10,16H,6-9H2,1-5H3/b15-13-. The van der Waals surface area contributed by atoms with Crippen molar-refractivity contribution in [2.45, 2.75) is 70.6 Å². The second kappa shape index (κ2) is 5.30. The van der Waals surface area contributed by atoms with E-state index in [0.29, 0.717) is 17.8 Å². The molecule has 0 heterocycles. The lowest BCUT2D eigenvalue weighted by molar-refractivity contribution is -0.720. The van der Waals surface area contributed by atoms with Crippen LogP contribution in [0.5, 0.6) is 0 Å². The smallest absolute Gasteiger partial charge is 0.233 e. The van der Waals surface area contributed by atoms with E-state index >= 15 is 0 Å². The molecule has 0 saturated heterocycles. The molecule has 1 fully saturated rings. The van der Waals surface area contributed by atoms with Gasteiger partial charge in [0, 0.05) is 0 Å². The van der Waals surface area contributed by atoms with Crippen LogP contribution in [0, 0.1) is 5.21 Å². The summed E-state index contributed by atoms with van der Waals surface area (Å²) in [5.74, 6) is 0. The number of hydrogen-bond acceptors (Lipinski definition) is 4. The Bertz CT molecular complexity index is 300. The van der Waals surface area contributed by atoms with Crippen molar-refractivity contribution >= 4 is 0 Å². The molecular formula is C12H25N3O3. The Labute approximate surface area is 109 Å². The first-order chi connectivity index (χ1) is 8.12. The normalized spacial score (nSPS) is 30.1. The van der Waals surface area contributed by atoms with E-state index < -0.39 is 5.60 Å². The molecule has 0 atom stereocenters. The average Bonchev–Trinajstić information content (AvgIpc) is 2.25. The zero-order chi connectivity index (χ0) is 14.0. The molecule has 0 aromatic rings. The first kappa shape index (κ1) is 15.0. The molecule has 0 aromatic heterocycles. The molecule has 6 heteroatoms. The Morgan fingerprint density at radius 1 is 1.39 bits per heavy atom. The molecule has 0 amide bonds. The number of hydrogen-bond donors (Lipinski definition) is 1. The first-order valence-corrected chi connectivity index (χ1v) is 6.42. The summed E-state index contributed by atoms with van der Waals surface area (Å²) in [7, 11) is 1.67. The Morgan fingerprint density at radius 3 is 2.33 bits per heavy atom. The molecule has 0 spiro atoms. The molecule has 1 rings (SSSR count). The van der Waals surface area contributed by atoms with Crippen LogP contribution in [0.3, 0.4) is 0 Å². The third-order valence-electron chi connectivity index (χ3n) is 3.50. The summed E-state index contributed by atoms with van der Waals surface area (Å²) in [4.78, 5) is 5.72. The average molecular weight is 259 g/mol. The van der Waals surface area contributed by atoms with Gasteiger partial charge in [-0.15, -0.1) is 5.01 Å². The number of aliphatic hydroxyl groups is 1. The van der Waals surface area contributed by atoms with E-state index in [-0.39, 0.29) is 11.6 Å². The number of hydrazine groups is 1. The van der Waals surface area contributed by atoms with Gasteiger partial charge in [-0.1, -0.05) is 0 Å². The molecule has 106 valence electrons. The van der Waals surface area contributed by atoms with E-state index in [0.717, 1.165) is 12.8 Å². The fourth-order valence-corrected chi connectivity index (χ4v) is 1.74. The molecule has 0 aromatic carbocycles. The van der Waals surface area contributed by atoms with Crippen LogP contribution in [0.25, 0.3) is 0 Å². The van der Waals surface area contributed by atoms with Crippen LogP contribution in [-0.4, -0.2) is 39.4 Å². The molecule has 0 unspecified atom stereocenters. The van der Waals surface area contributed by atoms with Crippen molar-refractivity contribution in [2.75, 3.05) is 7.05 Å². The van der Waals surface area contributed by atoms with Gasteiger partial charge < -0.3 is 15.2 Å². The SMILES string of the molecule is CN(/[N+]([O-])=N/OC1CCC(C)(O)CC1)C(C)(C)C. The van der Waals surface area contributed by atoms with E-state index in [1.165, 1.54) is 5.01 Å². The van der Waals surface area contributed by atoms with Crippen LogP contribution in [0.4, 0.5) is 0 Å². The van der Waals surface area contributed by atoms with E-state index in [1.54, 1.807) is 7.05 Å². The van der Waals surface area contributed by atoms with Crippen molar-refractivity contribution in [3.05, 3.63) is 5.21 Å². The van der Waals surface area contributed by atoms with Crippen LogP contribution < -0.4 is 0 Å². The second-order valence-corrected chi connectivity index (χ2v) is 6.33. The maximum atomic E-state index is 11.7. The predicted octanol–water partition coefficient (Wildman–Crippen LogP) is 2.22. The highest BCUT2D eigenvalue weighted by atomic mass is 16.7. The van der Waals surface area contributed by atoms with E-state index in [1.807, 2.05) is 27.7 Å². The molecule has 1 aliphatic carbocycles. The molecule has 0 radical (unpaired) electrons. The predicted molar refractivity (Wildman–Crippen MR) is 67.5 cm³/mol. The van der Waals surface area contributed by atoms with E-state index in [2.05, 4.69) is 5.28 Å².